The van der Waals surface area contributed by atoms with Gasteiger partial charge in [0.15, 0.2) is 5.78 Å². The molecule has 162 valence electrons. The molecule has 1 heterocycles. The predicted molar refractivity (Wildman–Crippen MR) is 106 cm³/mol. The molecule has 0 bridgehead atoms. The Hall–Kier alpha value is -3.82. The molecule has 10 heteroatoms. The van der Waals surface area contributed by atoms with Crippen molar-refractivity contribution in [1.29, 1.82) is 0 Å². The van der Waals surface area contributed by atoms with E-state index in [4.69, 9.17) is 0 Å². The molecule has 8 nitrogen and oxygen atoms in total. The maximum Gasteiger partial charge on any atom is 0.387 e. The number of alkyl halides is 2. The number of hydrogen-bond donors (Lipinski definition) is 2. The third-order valence-electron chi connectivity index (χ3n) is 4.81. The number of hydrogen-bond acceptors (Lipinski definition) is 5. The third kappa shape index (κ3) is 4.52. The molecule has 0 spiro atoms. The highest BCUT2D eigenvalue weighted by atomic mass is 19.3. The average Bonchev–Trinajstić information content (AvgIpc) is 2.92. The number of halogens is 2. The summed E-state index contributed by atoms with van der Waals surface area (Å²) in [7, 11) is 0. The van der Waals surface area contributed by atoms with Crippen LogP contribution in [0, 0.1) is 0 Å². The number of para-hydroxylation sites is 1. The predicted octanol–water partition coefficient (Wildman–Crippen LogP) is 2.90. The summed E-state index contributed by atoms with van der Waals surface area (Å²) < 4.78 is 28.9. The second kappa shape index (κ2) is 8.50. The van der Waals surface area contributed by atoms with Gasteiger partial charge in [0.25, 0.3) is 5.91 Å². The van der Waals surface area contributed by atoms with Gasteiger partial charge in [0, 0.05) is 5.56 Å². The highest BCUT2D eigenvalue weighted by Crippen LogP contribution is 2.30. The number of ketones is 1. The molecule has 1 saturated heterocycles. The lowest BCUT2D eigenvalue weighted by molar-refractivity contribution is -0.133. The molecule has 1 fully saturated rings. The zero-order valence-electron chi connectivity index (χ0n) is 16.6. The van der Waals surface area contributed by atoms with Crippen LogP contribution in [0.5, 0.6) is 5.75 Å². The monoisotopic (exact) mass is 431 g/mol. The lowest BCUT2D eigenvalue weighted by Gasteiger charge is -2.22. The third-order valence-corrected chi connectivity index (χ3v) is 4.81. The van der Waals surface area contributed by atoms with Gasteiger partial charge in [-0.3, -0.25) is 19.3 Å². The minimum absolute atomic E-state index is 0.0977. The molecule has 31 heavy (non-hydrogen) atoms. The van der Waals surface area contributed by atoms with Crippen LogP contribution in [0.4, 0.5) is 19.3 Å². The van der Waals surface area contributed by atoms with Crippen LogP contribution in [0.15, 0.2) is 48.5 Å². The summed E-state index contributed by atoms with van der Waals surface area (Å²) in [6, 6.07) is 10.8. The van der Waals surface area contributed by atoms with Crippen LogP contribution in [0.1, 0.15) is 29.8 Å². The molecular formula is C21H19F2N3O5. The van der Waals surface area contributed by atoms with Crippen LogP contribution in [0.25, 0.3) is 0 Å². The molecule has 0 aromatic heterocycles. The molecule has 4 amide bonds. The van der Waals surface area contributed by atoms with Gasteiger partial charge in [-0.15, -0.1) is 0 Å². The fourth-order valence-electron chi connectivity index (χ4n) is 3.24. The van der Waals surface area contributed by atoms with E-state index in [0.717, 1.165) is 4.90 Å². The number of benzene rings is 2. The molecule has 0 saturated carbocycles. The maximum absolute atomic E-state index is 12.9. The van der Waals surface area contributed by atoms with Gasteiger partial charge in [0.1, 0.15) is 17.8 Å². The summed E-state index contributed by atoms with van der Waals surface area (Å²) in [5.74, 6) is -1.70. The van der Waals surface area contributed by atoms with Crippen LogP contribution >= 0.6 is 0 Å². The second-order valence-electron chi connectivity index (χ2n) is 7.00. The summed E-state index contributed by atoms with van der Waals surface area (Å²) in [5, 5.41) is 5.05. The summed E-state index contributed by atoms with van der Waals surface area (Å²) in [6.07, 6.45) is 0. The van der Waals surface area contributed by atoms with E-state index in [2.05, 4.69) is 15.4 Å². The number of amides is 4. The van der Waals surface area contributed by atoms with Gasteiger partial charge in [-0.1, -0.05) is 24.3 Å². The van der Waals surface area contributed by atoms with Crippen LogP contribution in [-0.2, 0) is 15.1 Å². The minimum atomic E-state index is -2.99. The Labute approximate surface area is 176 Å². The van der Waals surface area contributed by atoms with E-state index in [0.29, 0.717) is 11.1 Å². The Balaban J connectivity index is 1.74. The first-order valence-electron chi connectivity index (χ1n) is 9.21. The molecule has 2 aromatic rings. The van der Waals surface area contributed by atoms with Gasteiger partial charge in [-0.25, -0.2) is 4.79 Å². The van der Waals surface area contributed by atoms with Crippen molar-refractivity contribution < 1.29 is 32.7 Å². The first-order chi connectivity index (χ1) is 14.6. The zero-order valence-corrected chi connectivity index (χ0v) is 16.6. The zero-order chi connectivity index (χ0) is 22.8. The van der Waals surface area contributed by atoms with Crippen LogP contribution in [0.3, 0.4) is 0 Å². The number of nitrogens with zero attached hydrogens (tertiary/aromatic N) is 1. The normalized spacial score (nSPS) is 18.2. The summed E-state index contributed by atoms with van der Waals surface area (Å²) >= 11 is 0. The molecular weight excluding hydrogens is 412 g/mol. The SMILES string of the molecule is CC(=O)c1ccccc1NC(=O)CN1C(=O)N[C@@](C)(c2ccc(OC(F)F)cc2)C1=O. The van der Waals surface area contributed by atoms with E-state index < -0.39 is 36.5 Å². The summed E-state index contributed by atoms with van der Waals surface area (Å²) in [5.41, 5.74) is -0.594. The van der Waals surface area contributed by atoms with Gasteiger partial charge in [0.2, 0.25) is 5.91 Å². The molecule has 1 atom stereocenters. The molecule has 2 aromatic carbocycles. The number of anilines is 1. The molecule has 1 aliphatic heterocycles. The fraction of sp³-hybridized carbons (Fsp3) is 0.238. The topological polar surface area (TPSA) is 105 Å². The van der Waals surface area contributed by atoms with Crippen molar-refractivity contribution in [3.8, 4) is 5.75 Å². The smallest absolute Gasteiger partial charge is 0.387 e. The molecule has 1 aliphatic rings. The van der Waals surface area contributed by atoms with E-state index in [9.17, 15) is 28.0 Å². The Kier molecular flexibility index (Phi) is 6.00. The first kappa shape index (κ1) is 21.9. The van der Waals surface area contributed by atoms with Crippen molar-refractivity contribution in [2.75, 3.05) is 11.9 Å². The fourth-order valence-corrected chi connectivity index (χ4v) is 3.24. The Morgan fingerprint density at radius 2 is 1.77 bits per heavy atom. The summed E-state index contributed by atoms with van der Waals surface area (Å²) in [6.45, 7) is -0.764. The number of ether oxygens (including phenoxy) is 1. The molecule has 0 unspecified atom stereocenters. The van der Waals surface area contributed by atoms with E-state index in [1.54, 1.807) is 18.2 Å². The van der Waals surface area contributed by atoms with Gasteiger partial charge in [0.05, 0.1) is 5.69 Å². The average molecular weight is 431 g/mol. The van der Waals surface area contributed by atoms with E-state index >= 15 is 0 Å². The lowest BCUT2D eigenvalue weighted by atomic mass is 9.92. The standard InChI is InChI=1S/C21H19F2N3O5/c1-12(27)15-5-3-4-6-16(15)24-17(28)11-26-18(29)21(2,25-20(26)30)13-7-9-14(10-8-13)31-19(22)23/h3-10,19H,11H2,1-2H3,(H,24,28)(H,25,30)/t21-/m0/s1. The number of imide groups is 1. The quantitative estimate of drug-likeness (QED) is 0.518. The number of carbonyl (C=O) groups is 4. The first-order valence-corrected chi connectivity index (χ1v) is 9.21. The Morgan fingerprint density at radius 3 is 2.39 bits per heavy atom. The number of carbonyl (C=O) groups excluding carboxylic acids is 4. The van der Waals surface area contributed by atoms with Crippen molar-refractivity contribution in [3.63, 3.8) is 0 Å². The van der Waals surface area contributed by atoms with Crippen LogP contribution < -0.4 is 15.4 Å². The van der Waals surface area contributed by atoms with Crippen molar-refractivity contribution in [1.82, 2.24) is 10.2 Å². The number of rotatable bonds is 7. The van der Waals surface area contributed by atoms with Gasteiger partial charge >= 0.3 is 12.6 Å². The second-order valence-corrected chi connectivity index (χ2v) is 7.00. The maximum atomic E-state index is 12.9. The number of urea groups is 1. The molecule has 0 radical (unpaired) electrons. The van der Waals surface area contributed by atoms with Crippen molar-refractivity contribution in [2.24, 2.45) is 0 Å². The molecule has 3 rings (SSSR count). The van der Waals surface area contributed by atoms with Crippen LogP contribution in [0.2, 0.25) is 0 Å². The van der Waals surface area contributed by atoms with E-state index in [1.807, 2.05) is 0 Å². The highest BCUT2D eigenvalue weighted by molar-refractivity contribution is 6.11. The van der Waals surface area contributed by atoms with Crippen molar-refractivity contribution in [2.45, 2.75) is 26.0 Å². The van der Waals surface area contributed by atoms with Crippen molar-refractivity contribution >= 4 is 29.3 Å². The molecule has 0 aliphatic carbocycles. The number of nitrogens with one attached hydrogen (secondary N) is 2. The van der Waals surface area contributed by atoms with Crippen LogP contribution in [-0.4, -0.2) is 41.7 Å². The highest BCUT2D eigenvalue weighted by Gasteiger charge is 2.49. The van der Waals surface area contributed by atoms with Gasteiger partial charge < -0.3 is 15.4 Å². The van der Waals surface area contributed by atoms with Crippen molar-refractivity contribution in [3.05, 3.63) is 59.7 Å². The largest absolute Gasteiger partial charge is 0.435 e. The molecule has 2 N–H and O–H groups in total. The Morgan fingerprint density at radius 1 is 1.13 bits per heavy atom. The minimum Gasteiger partial charge on any atom is -0.435 e. The van der Waals surface area contributed by atoms with Gasteiger partial charge in [-0.05, 0) is 43.7 Å². The summed E-state index contributed by atoms with van der Waals surface area (Å²) in [4.78, 5) is 50.2. The Bertz CT molecular complexity index is 1040. The van der Waals surface area contributed by atoms with Gasteiger partial charge in [-0.2, -0.15) is 8.78 Å². The van der Waals surface area contributed by atoms with E-state index in [1.165, 1.54) is 44.2 Å². The van der Waals surface area contributed by atoms with E-state index in [-0.39, 0.29) is 17.2 Å². The number of Topliss-reactive ketones (excluding diaryl/α,β-unsaturated/α-hetero) is 1. The lowest BCUT2D eigenvalue weighted by Crippen LogP contribution is -2.42.